The fraction of sp³-hybridized carbons (Fsp3) is 0.200. The third kappa shape index (κ3) is 1.93. The van der Waals surface area contributed by atoms with E-state index in [0.717, 1.165) is 18.5 Å². The lowest BCUT2D eigenvalue weighted by Crippen LogP contribution is -2.20. The fourth-order valence-electron chi connectivity index (χ4n) is 2.49. The van der Waals surface area contributed by atoms with Crippen molar-refractivity contribution in [3.05, 3.63) is 59.4 Å². The number of hydrogen-bond donors (Lipinski definition) is 1. The summed E-state index contributed by atoms with van der Waals surface area (Å²) in [6.45, 7) is 0. The summed E-state index contributed by atoms with van der Waals surface area (Å²) in [7, 11) is 0. The Labute approximate surface area is 106 Å². The standard InChI is InChI=1S/C15H13N3/c16-9-13-5-6-17-10-15(13)18-14-7-11-3-1-2-4-12(11)8-14/h1-6,10,14,18H,7-8H2. The van der Waals surface area contributed by atoms with Gasteiger partial charge in [0.2, 0.25) is 0 Å². The number of hydrogen-bond acceptors (Lipinski definition) is 3. The number of aromatic nitrogens is 1. The highest BCUT2D eigenvalue weighted by atomic mass is 14.9. The van der Waals surface area contributed by atoms with E-state index >= 15 is 0 Å². The molecule has 3 rings (SSSR count). The number of pyridine rings is 1. The predicted molar refractivity (Wildman–Crippen MR) is 70.2 cm³/mol. The average molecular weight is 235 g/mol. The molecular weight excluding hydrogens is 222 g/mol. The zero-order chi connectivity index (χ0) is 12.4. The molecule has 0 amide bonds. The maximum absolute atomic E-state index is 9.05. The van der Waals surface area contributed by atoms with Gasteiger partial charge in [0.25, 0.3) is 0 Å². The average Bonchev–Trinajstić information content (AvgIpc) is 2.81. The van der Waals surface area contributed by atoms with Crippen LogP contribution in [0.2, 0.25) is 0 Å². The number of anilines is 1. The molecule has 1 aromatic carbocycles. The first kappa shape index (κ1) is 10.8. The first-order valence-corrected chi connectivity index (χ1v) is 6.04. The van der Waals surface area contributed by atoms with Crippen molar-refractivity contribution in [2.45, 2.75) is 18.9 Å². The second kappa shape index (κ2) is 4.50. The van der Waals surface area contributed by atoms with Crippen LogP contribution in [0.3, 0.4) is 0 Å². The van der Waals surface area contributed by atoms with Crippen LogP contribution in [0.5, 0.6) is 0 Å². The molecule has 0 aliphatic heterocycles. The lowest BCUT2D eigenvalue weighted by molar-refractivity contribution is 0.773. The maximum atomic E-state index is 9.05. The van der Waals surface area contributed by atoms with Crippen LogP contribution in [0.4, 0.5) is 5.69 Å². The van der Waals surface area contributed by atoms with Crippen molar-refractivity contribution < 1.29 is 0 Å². The second-order valence-electron chi connectivity index (χ2n) is 4.55. The molecule has 3 nitrogen and oxygen atoms in total. The molecule has 1 N–H and O–H groups in total. The van der Waals surface area contributed by atoms with Crippen molar-refractivity contribution in [3.8, 4) is 6.07 Å². The fourth-order valence-corrected chi connectivity index (χ4v) is 2.49. The van der Waals surface area contributed by atoms with Gasteiger partial charge in [0.15, 0.2) is 0 Å². The van der Waals surface area contributed by atoms with E-state index in [9.17, 15) is 0 Å². The zero-order valence-corrected chi connectivity index (χ0v) is 9.93. The number of nitrogens with one attached hydrogen (secondary N) is 1. The van der Waals surface area contributed by atoms with Crippen LogP contribution >= 0.6 is 0 Å². The Balaban J connectivity index is 1.79. The summed E-state index contributed by atoms with van der Waals surface area (Å²) in [4.78, 5) is 4.07. The molecule has 18 heavy (non-hydrogen) atoms. The van der Waals surface area contributed by atoms with Crippen molar-refractivity contribution in [3.63, 3.8) is 0 Å². The molecule has 0 fully saturated rings. The monoisotopic (exact) mass is 235 g/mol. The highest BCUT2D eigenvalue weighted by Gasteiger charge is 2.21. The van der Waals surface area contributed by atoms with Crippen molar-refractivity contribution in [2.75, 3.05) is 5.32 Å². The molecule has 1 aromatic heterocycles. The van der Waals surface area contributed by atoms with E-state index in [0.29, 0.717) is 11.6 Å². The van der Waals surface area contributed by atoms with E-state index < -0.39 is 0 Å². The molecule has 0 bridgehead atoms. The number of benzene rings is 1. The van der Waals surface area contributed by atoms with Crippen LogP contribution in [0.15, 0.2) is 42.7 Å². The molecule has 0 saturated heterocycles. The van der Waals surface area contributed by atoms with E-state index in [2.05, 4.69) is 40.6 Å². The summed E-state index contributed by atoms with van der Waals surface area (Å²) in [5.74, 6) is 0. The van der Waals surface area contributed by atoms with Crippen LogP contribution in [0.25, 0.3) is 0 Å². The zero-order valence-electron chi connectivity index (χ0n) is 9.93. The van der Waals surface area contributed by atoms with Crippen molar-refractivity contribution in [2.24, 2.45) is 0 Å². The highest BCUT2D eigenvalue weighted by molar-refractivity contribution is 5.56. The van der Waals surface area contributed by atoms with Crippen LogP contribution in [-0.2, 0) is 12.8 Å². The van der Waals surface area contributed by atoms with Crippen molar-refractivity contribution in [1.82, 2.24) is 4.98 Å². The number of fused-ring (bicyclic) bond motifs is 1. The molecule has 1 aliphatic rings. The minimum atomic E-state index is 0.360. The van der Waals surface area contributed by atoms with E-state index in [-0.39, 0.29) is 0 Å². The Hall–Kier alpha value is -2.34. The third-order valence-corrected chi connectivity index (χ3v) is 3.35. The quantitative estimate of drug-likeness (QED) is 0.870. The largest absolute Gasteiger partial charge is 0.379 e. The topological polar surface area (TPSA) is 48.7 Å². The summed E-state index contributed by atoms with van der Waals surface area (Å²) >= 11 is 0. The molecule has 3 heteroatoms. The van der Waals surface area contributed by atoms with E-state index in [1.165, 1.54) is 11.1 Å². The molecule has 0 saturated carbocycles. The summed E-state index contributed by atoms with van der Waals surface area (Å²) in [5.41, 5.74) is 4.29. The molecule has 0 spiro atoms. The van der Waals surface area contributed by atoms with Crippen LogP contribution < -0.4 is 5.32 Å². The molecule has 0 unspecified atom stereocenters. The summed E-state index contributed by atoms with van der Waals surface area (Å²) in [6, 6.07) is 12.8. The lowest BCUT2D eigenvalue weighted by atomic mass is 10.1. The number of nitrogens with zero attached hydrogens (tertiary/aromatic N) is 2. The van der Waals surface area contributed by atoms with Crippen molar-refractivity contribution >= 4 is 5.69 Å². The van der Waals surface area contributed by atoms with E-state index in [4.69, 9.17) is 5.26 Å². The minimum Gasteiger partial charge on any atom is -0.379 e. The first-order chi connectivity index (χ1) is 8.86. The van der Waals surface area contributed by atoms with E-state index in [1.807, 2.05) is 0 Å². The van der Waals surface area contributed by atoms with Crippen LogP contribution in [-0.4, -0.2) is 11.0 Å². The van der Waals surface area contributed by atoms with Gasteiger partial charge in [0.1, 0.15) is 6.07 Å². The number of nitriles is 1. The van der Waals surface area contributed by atoms with Gasteiger partial charge in [-0.3, -0.25) is 4.98 Å². The first-order valence-electron chi connectivity index (χ1n) is 6.04. The highest BCUT2D eigenvalue weighted by Crippen LogP contribution is 2.25. The maximum Gasteiger partial charge on any atom is 0.101 e. The summed E-state index contributed by atoms with van der Waals surface area (Å²) < 4.78 is 0. The normalized spacial score (nSPS) is 13.9. The Morgan fingerprint density at radius 2 is 1.89 bits per heavy atom. The van der Waals surface area contributed by atoms with Crippen molar-refractivity contribution in [1.29, 1.82) is 5.26 Å². The Bertz CT molecular complexity index is 588. The van der Waals surface area contributed by atoms with Gasteiger partial charge in [0.05, 0.1) is 17.4 Å². The lowest BCUT2D eigenvalue weighted by Gasteiger charge is -2.14. The van der Waals surface area contributed by atoms with Gasteiger partial charge < -0.3 is 5.32 Å². The van der Waals surface area contributed by atoms with Gasteiger partial charge in [-0.05, 0) is 30.0 Å². The smallest absolute Gasteiger partial charge is 0.101 e. The molecule has 0 atom stereocenters. The van der Waals surface area contributed by atoms with Gasteiger partial charge >= 0.3 is 0 Å². The molecular formula is C15H13N3. The van der Waals surface area contributed by atoms with Gasteiger partial charge in [-0.15, -0.1) is 0 Å². The molecule has 0 radical (unpaired) electrons. The summed E-state index contributed by atoms with van der Waals surface area (Å²) in [5, 5.41) is 12.5. The molecule has 1 aliphatic carbocycles. The van der Waals surface area contributed by atoms with Gasteiger partial charge in [-0.25, -0.2) is 0 Å². The third-order valence-electron chi connectivity index (χ3n) is 3.35. The Morgan fingerprint density at radius 3 is 2.56 bits per heavy atom. The summed E-state index contributed by atoms with van der Waals surface area (Å²) in [6.07, 6.45) is 5.39. The Kier molecular flexibility index (Phi) is 2.70. The predicted octanol–water partition coefficient (Wildman–Crippen LogP) is 2.53. The van der Waals surface area contributed by atoms with Gasteiger partial charge in [-0.2, -0.15) is 5.26 Å². The SMILES string of the molecule is N#Cc1ccncc1NC1Cc2ccccc2C1. The second-order valence-corrected chi connectivity index (χ2v) is 4.55. The Morgan fingerprint density at radius 1 is 1.17 bits per heavy atom. The van der Waals surface area contributed by atoms with E-state index in [1.54, 1.807) is 18.5 Å². The molecule has 2 aromatic rings. The molecule has 1 heterocycles. The number of rotatable bonds is 2. The van der Waals surface area contributed by atoms with Crippen LogP contribution in [0, 0.1) is 11.3 Å². The van der Waals surface area contributed by atoms with Gasteiger partial charge in [-0.1, -0.05) is 24.3 Å². The van der Waals surface area contributed by atoms with Crippen LogP contribution in [0.1, 0.15) is 16.7 Å². The minimum absolute atomic E-state index is 0.360. The molecule has 88 valence electrons. The van der Waals surface area contributed by atoms with Gasteiger partial charge in [0, 0.05) is 12.2 Å².